The van der Waals surface area contributed by atoms with Crippen molar-refractivity contribution in [3.05, 3.63) is 70.1 Å². The number of hydrogen-bond acceptors (Lipinski definition) is 2. The molecule has 0 aliphatic rings. The zero-order valence-corrected chi connectivity index (χ0v) is 18.1. The van der Waals surface area contributed by atoms with Crippen LogP contribution in [-0.4, -0.2) is 22.4 Å². The SMILES string of the molecule is CN=C(NCc1ccc(C)cc1)NCc1cn2cc(Br)ccc2n1.I. The van der Waals surface area contributed by atoms with Crippen LogP contribution in [0.25, 0.3) is 5.65 Å². The van der Waals surface area contributed by atoms with Crippen molar-refractivity contribution >= 4 is 51.5 Å². The van der Waals surface area contributed by atoms with Gasteiger partial charge in [0, 0.05) is 30.5 Å². The average molecular weight is 514 g/mol. The van der Waals surface area contributed by atoms with E-state index >= 15 is 0 Å². The lowest BCUT2D eigenvalue weighted by Crippen LogP contribution is -2.36. The van der Waals surface area contributed by atoms with Gasteiger partial charge >= 0.3 is 0 Å². The van der Waals surface area contributed by atoms with Gasteiger partial charge in [0.25, 0.3) is 0 Å². The number of fused-ring (bicyclic) bond motifs is 1. The average Bonchev–Trinajstić information content (AvgIpc) is 2.98. The molecule has 2 heterocycles. The summed E-state index contributed by atoms with van der Waals surface area (Å²) in [6, 6.07) is 12.4. The lowest BCUT2D eigenvalue weighted by atomic mass is 10.1. The molecule has 0 spiro atoms. The van der Waals surface area contributed by atoms with Crippen LogP contribution in [0, 0.1) is 6.92 Å². The van der Waals surface area contributed by atoms with Gasteiger partial charge in [0.2, 0.25) is 0 Å². The Morgan fingerprint density at radius 2 is 1.80 bits per heavy atom. The number of aliphatic imine (C=N–C) groups is 1. The maximum Gasteiger partial charge on any atom is 0.191 e. The van der Waals surface area contributed by atoms with Crippen molar-refractivity contribution in [2.75, 3.05) is 7.05 Å². The molecule has 132 valence electrons. The summed E-state index contributed by atoms with van der Waals surface area (Å²) in [5, 5.41) is 6.61. The molecule has 0 aliphatic heterocycles. The largest absolute Gasteiger partial charge is 0.352 e. The van der Waals surface area contributed by atoms with Gasteiger partial charge in [-0.25, -0.2) is 4.98 Å². The summed E-state index contributed by atoms with van der Waals surface area (Å²) in [5.74, 6) is 0.758. The Hall–Kier alpha value is -1.61. The molecule has 5 nitrogen and oxygen atoms in total. The monoisotopic (exact) mass is 513 g/mol. The van der Waals surface area contributed by atoms with Gasteiger partial charge in [-0.1, -0.05) is 29.8 Å². The summed E-state index contributed by atoms with van der Waals surface area (Å²) >= 11 is 3.47. The fourth-order valence-electron chi connectivity index (χ4n) is 2.39. The van der Waals surface area contributed by atoms with Gasteiger partial charge in [0.1, 0.15) is 5.65 Å². The molecular weight excluding hydrogens is 493 g/mol. The van der Waals surface area contributed by atoms with Gasteiger partial charge in [-0.2, -0.15) is 0 Å². The number of hydrogen-bond donors (Lipinski definition) is 2. The highest BCUT2D eigenvalue weighted by atomic mass is 127. The molecule has 0 amide bonds. The summed E-state index contributed by atoms with van der Waals surface area (Å²) in [6.07, 6.45) is 4.01. The van der Waals surface area contributed by atoms with Crippen LogP contribution >= 0.6 is 39.9 Å². The van der Waals surface area contributed by atoms with Gasteiger partial charge in [-0.15, -0.1) is 24.0 Å². The highest BCUT2D eigenvalue weighted by Crippen LogP contribution is 2.12. The predicted molar refractivity (Wildman–Crippen MR) is 117 cm³/mol. The third-order valence-electron chi connectivity index (χ3n) is 3.71. The van der Waals surface area contributed by atoms with Crippen molar-refractivity contribution < 1.29 is 0 Å². The van der Waals surface area contributed by atoms with Gasteiger partial charge in [0.05, 0.1) is 12.2 Å². The lowest BCUT2D eigenvalue weighted by Gasteiger charge is -2.11. The first-order valence-electron chi connectivity index (χ1n) is 7.77. The molecule has 0 atom stereocenters. The molecule has 0 saturated heterocycles. The Kier molecular flexibility index (Phi) is 7.24. The van der Waals surface area contributed by atoms with E-state index < -0.39 is 0 Å². The highest BCUT2D eigenvalue weighted by Gasteiger charge is 2.04. The van der Waals surface area contributed by atoms with E-state index in [0.717, 1.165) is 28.3 Å². The zero-order chi connectivity index (χ0) is 16.9. The molecule has 1 aromatic carbocycles. The van der Waals surface area contributed by atoms with Crippen molar-refractivity contribution in [1.29, 1.82) is 0 Å². The molecule has 2 N–H and O–H groups in total. The number of pyridine rings is 1. The Morgan fingerprint density at radius 1 is 1.08 bits per heavy atom. The molecular formula is C18H21BrIN5. The minimum atomic E-state index is 0. The standard InChI is InChI=1S/C18H20BrN5.HI/c1-13-3-5-14(6-4-13)9-21-18(20-2)22-10-16-12-24-11-15(19)7-8-17(24)23-16;/h3-8,11-12H,9-10H2,1-2H3,(H2,20,21,22);1H. The second-order valence-corrected chi connectivity index (χ2v) is 6.53. The third-order valence-corrected chi connectivity index (χ3v) is 4.18. The van der Waals surface area contributed by atoms with E-state index in [1.807, 2.05) is 28.9 Å². The quantitative estimate of drug-likeness (QED) is 0.316. The molecule has 7 heteroatoms. The minimum Gasteiger partial charge on any atom is -0.352 e. The van der Waals surface area contributed by atoms with Crippen LogP contribution in [-0.2, 0) is 13.1 Å². The van der Waals surface area contributed by atoms with Crippen molar-refractivity contribution in [2.45, 2.75) is 20.0 Å². The predicted octanol–water partition coefficient (Wildman–Crippen LogP) is 3.89. The van der Waals surface area contributed by atoms with E-state index in [0.29, 0.717) is 6.54 Å². The topological polar surface area (TPSA) is 53.7 Å². The summed E-state index contributed by atoms with van der Waals surface area (Å²) in [5.41, 5.74) is 4.38. The van der Waals surface area contributed by atoms with Crippen LogP contribution in [0.3, 0.4) is 0 Å². The summed E-state index contributed by atoms with van der Waals surface area (Å²) in [7, 11) is 1.77. The fraction of sp³-hybridized carbons (Fsp3) is 0.222. The number of guanidine groups is 1. The maximum atomic E-state index is 4.58. The van der Waals surface area contributed by atoms with E-state index in [1.54, 1.807) is 7.05 Å². The zero-order valence-electron chi connectivity index (χ0n) is 14.2. The Balaban J connectivity index is 0.00000225. The van der Waals surface area contributed by atoms with E-state index in [-0.39, 0.29) is 24.0 Å². The maximum absolute atomic E-state index is 4.58. The minimum absolute atomic E-state index is 0. The normalized spacial score (nSPS) is 11.2. The second-order valence-electron chi connectivity index (χ2n) is 5.61. The molecule has 0 unspecified atom stereocenters. The number of imidazole rings is 1. The summed E-state index contributed by atoms with van der Waals surface area (Å²) < 4.78 is 3.03. The van der Waals surface area contributed by atoms with Gasteiger partial charge < -0.3 is 15.0 Å². The van der Waals surface area contributed by atoms with Crippen LogP contribution in [0.5, 0.6) is 0 Å². The highest BCUT2D eigenvalue weighted by molar-refractivity contribution is 14.0. The van der Waals surface area contributed by atoms with E-state index in [1.165, 1.54) is 11.1 Å². The number of aryl methyl sites for hydroxylation is 1. The number of nitrogens with one attached hydrogen (secondary N) is 2. The van der Waals surface area contributed by atoms with Crippen LogP contribution in [0.4, 0.5) is 0 Å². The molecule has 0 fully saturated rings. The van der Waals surface area contributed by atoms with E-state index in [4.69, 9.17) is 0 Å². The van der Waals surface area contributed by atoms with Gasteiger partial charge in [-0.05, 0) is 40.5 Å². The number of rotatable bonds is 4. The molecule has 3 aromatic rings. The van der Waals surface area contributed by atoms with Gasteiger partial charge in [0.15, 0.2) is 5.96 Å². The molecule has 0 saturated carbocycles. The van der Waals surface area contributed by atoms with Crippen molar-refractivity contribution in [2.24, 2.45) is 4.99 Å². The summed E-state index contributed by atoms with van der Waals surface area (Å²) in [4.78, 5) is 8.84. The van der Waals surface area contributed by atoms with Crippen LogP contribution in [0.2, 0.25) is 0 Å². The first kappa shape index (κ1) is 19.7. The number of nitrogens with zero attached hydrogens (tertiary/aromatic N) is 3. The van der Waals surface area contributed by atoms with Gasteiger partial charge in [-0.3, -0.25) is 4.99 Å². The summed E-state index contributed by atoms with van der Waals surface area (Å²) in [6.45, 7) is 3.44. The molecule has 3 rings (SSSR count). The Bertz CT molecular complexity index is 858. The van der Waals surface area contributed by atoms with Crippen molar-refractivity contribution in [1.82, 2.24) is 20.0 Å². The number of aromatic nitrogens is 2. The van der Waals surface area contributed by atoms with Crippen LogP contribution in [0.1, 0.15) is 16.8 Å². The number of halogens is 2. The molecule has 0 radical (unpaired) electrons. The van der Waals surface area contributed by atoms with Crippen molar-refractivity contribution in [3.63, 3.8) is 0 Å². The van der Waals surface area contributed by atoms with Crippen molar-refractivity contribution in [3.8, 4) is 0 Å². The second kappa shape index (κ2) is 9.19. The smallest absolute Gasteiger partial charge is 0.191 e. The lowest BCUT2D eigenvalue weighted by molar-refractivity contribution is 0.798. The molecule has 25 heavy (non-hydrogen) atoms. The molecule has 2 aromatic heterocycles. The number of benzene rings is 1. The first-order valence-corrected chi connectivity index (χ1v) is 8.56. The van der Waals surface area contributed by atoms with E-state index in [2.05, 4.69) is 67.7 Å². The third kappa shape index (κ3) is 5.43. The van der Waals surface area contributed by atoms with E-state index in [9.17, 15) is 0 Å². The Labute approximate surface area is 173 Å². The molecule has 0 aliphatic carbocycles. The molecule has 0 bridgehead atoms. The van der Waals surface area contributed by atoms with Crippen LogP contribution < -0.4 is 10.6 Å². The Morgan fingerprint density at radius 3 is 2.52 bits per heavy atom. The first-order chi connectivity index (χ1) is 11.6. The van der Waals surface area contributed by atoms with Crippen LogP contribution in [0.15, 0.2) is 58.3 Å². The fourth-order valence-corrected chi connectivity index (χ4v) is 2.74.